The summed E-state index contributed by atoms with van der Waals surface area (Å²) in [5.74, 6) is 0.342. The number of aromatic nitrogens is 2. The molecule has 1 aromatic heterocycles. The number of aromatic amines is 1. The fourth-order valence-corrected chi connectivity index (χ4v) is 8.76. The van der Waals surface area contributed by atoms with Crippen LogP contribution < -0.4 is 0 Å². The molecule has 36 heavy (non-hydrogen) atoms. The summed E-state index contributed by atoms with van der Waals surface area (Å²) in [7, 11) is 3.97. The van der Waals surface area contributed by atoms with Crippen molar-refractivity contribution in [2.75, 3.05) is 14.1 Å². The third kappa shape index (κ3) is 2.68. The maximum atomic E-state index is 11.2. The van der Waals surface area contributed by atoms with Crippen LogP contribution in [0, 0.1) is 18.3 Å². The minimum absolute atomic E-state index is 0.0305. The summed E-state index contributed by atoms with van der Waals surface area (Å²) in [5.41, 5.74) is 7.42. The van der Waals surface area contributed by atoms with Crippen LogP contribution in [0.5, 0.6) is 0 Å². The Labute approximate surface area is 212 Å². The van der Waals surface area contributed by atoms with Crippen molar-refractivity contribution in [3.05, 3.63) is 58.3 Å². The number of benzene rings is 1. The maximum absolute atomic E-state index is 11.2. The van der Waals surface area contributed by atoms with Crippen molar-refractivity contribution in [3.63, 3.8) is 0 Å². The molecule has 190 valence electrons. The molecule has 5 aliphatic rings. The second-order valence-corrected chi connectivity index (χ2v) is 12.5. The molecule has 0 amide bonds. The van der Waals surface area contributed by atoms with E-state index < -0.39 is 17.8 Å². The van der Waals surface area contributed by atoms with E-state index in [1.165, 1.54) is 27.7 Å². The van der Waals surface area contributed by atoms with E-state index in [1.807, 2.05) is 19.0 Å². The fourth-order valence-electron chi connectivity index (χ4n) is 8.76. The normalized spacial score (nSPS) is 41.3. The molecular formula is C30H37N3O3. The van der Waals surface area contributed by atoms with Gasteiger partial charge in [0.15, 0.2) is 0 Å². The summed E-state index contributed by atoms with van der Waals surface area (Å²) in [5, 5.41) is 31.0. The van der Waals surface area contributed by atoms with E-state index in [9.17, 15) is 10.2 Å². The highest BCUT2D eigenvalue weighted by atomic mass is 16.5. The van der Waals surface area contributed by atoms with E-state index in [0.29, 0.717) is 5.92 Å². The number of ether oxygens (including phenoxy) is 1. The molecule has 3 N–H and O–H groups in total. The molecule has 1 saturated heterocycles. The summed E-state index contributed by atoms with van der Waals surface area (Å²) in [6.45, 7) is 6.74. The molecular weight excluding hydrogens is 450 g/mol. The first kappa shape index (κ1) is 22.9. The fraction of sp³-hybridized carbons (Fsp3) is 0.567. The minimum atomic E-state index is -0.892. The SMILES string of the molecule is CC1=C2C=C3[C@@H](O)[C@H](O)[C@@H](N(C)C)C[C@]34CC[C@]2(O4)C2CC=C(c3ccc4c(C)[nH]nc4c3)[C@@]2(C)C1. The van der Waals surface area contributed by atoms with Gasteiger partial charge in [0.05, 0.1) is 22.8 Å². The first-order valence-corrected chi connectivity index (χ1v) is 13.4. The first-order chi connectivity index (χ1) is 17.1. The predicted octanol–water partition coefficient (Wildman–Crippen LogP) is 4.28. The molecule has 6 heteroatoms. The molecule has 3 aliphatic carbocycles. The maximum Gasteiger partial charge on any atom is 0.105 e. The Morgan fingerprint density at radius 3 is 2.75 bits per heavy atom. The van der Waals surface area contributed by atoms with Gasteiger partial charge in [-0.25, -0.2) is 0 Å². The number of aliphatic hydroxyl groups is 2. The average molecular weight is 488 g/mol. The summed E-state index contributed by atoms with van der Waals surface area (Å²) < 4.78 is 7.31. The van der Waals surface area contributed by atoms with Crippen LogP contribution in [0.3, 0.4) is 0 Å². The van der Waals surface area contributed by atoms with Crippen LogP contribution in [-0.4, -0.2) is 68.9 Å². The number of fused-ring (bicyclic) bond motifs is 2. The van der Waals surface area contributed by atoms with Gasteiger partial charge in [0.2, 0.25) is 0 Å². The smallest absolute Gasteiger partial charge is 0.105 e. The highest BCUT2D eigenvalue weighted by molar-refractivity contribution is 5.86. The van der Waals surface area contributed by atoms with Crippen LogP contribution in [0.2, 0.25) is 0 Å². The Kier molecular flexibility index (Phi) is 4.58. The Morgan fingerprint density at radius 2 is 1.97 bits per heavy atom. The molecule has 6 nitrogen and oxygen atoms in total. The standard InChI is InChI=1S/C30H37N3O3/c1-16-14-28(3)20(18-6-7-19-17(2)31-32-23(19)12-18)8-9-25(28)30-11-10-29(36-30)15-24(33(4)5)27(35)26(34)22(29)13-21(16)30/h6-8,12-13,24-27,34-35H,9-11,14-15H2,1-5H3,(H,31,32)/t24-,25?,26+,27+,28+,29+,30+/m0/s1. The van der Waals surface area contributed by atoms with Gasteiger partial charge in [-0.2, -0.15) is 5.10 Å². The minimum Gasteiger partial charge on any atom is -0.388 e. The second-order valence-electron chi connectivity index (χ2n) is 12.5. The van der Waals surface area contributed by atoms with Crippen LogP contribution in [0.4, 0.5) is 0 Å². The van der Waals surface area contributed by atoms with Gasteiger partial charge >= 0.3 is 0 Å². The number of likely N-dealkylation sites (N-methyl/N-ethyl adjacent to an activating group) is 1. The Hall–Kier alpha value is -2.25. The second kappa shape index (κ2) is 7.19. The van der Waals surface area contributed by atoms with Crippen LogP contribution in [0.1, 0.15) is 57.2 Å². The van der Waals surface area contributed by atoms with Crippen LogP contribution in [0.15, 0.2) is 47.1 Å². The lowest BCUT2D eigenvalue weighted by Crippen LogP contribution is -2.62. The number of nitrogens with zero attached hydrogens (tertiary/aromatic N) is 2. The molecule has 2 bridgehead atoms. The number of rotatable bonds is 2. The Morgan fingerprint density at radius 1 is 1.17 bits per heavy atom. The van der Waals surface area contributed by atoms with Crippen LogP contribution in [-0.2, 0) is 4.74 Å². The topological polar surface area (TPSA) is 81.6 Å². The van der Waals surface area contributed by atoms with Crippen molar-refractivity contribution < 1.29 is 14.9 Å². The molecule has 2 spiro atoms. The van der Waals surface area contributed by atoms with Gasteiger partial charge in [0.1, 0.15) is 6.10 Å². The third-order valence-corrected chi connectivity index (χ3v) is 10.5. The van der Waals surface area contributed by atoms with Gasteiger partial charge in [-0.1, -0.05) is 36.8 Å². The number of hydrogen-bond acceptors (Lipinski definition) is 5. The molecule has 7 rings (SSSR count). The predicted molar refractivity (Wildman–Crippen MR) is 140 cm³/mol. The quantitative estimate of drug-likeness (QED) is 0.589. The first-order valence-electron chi connectivity index (χ1n) is 13.4. The summed E-state index contributed by atoms with van der Waals surface area (Å²) >= 11 is 0. The van der Waals surface area contributed by atoms with Crippen molar-refractivity contribution in [1.82, 2.24) is 15.1 Å². The summed E-state index contributed by atoms with van der Waals surface area (Å²) in [6, 6.07) is 6.56. The number of allylic oxidation sites excluding steroid dienone is 3. The lowest BCUT2D eigenvalue weighted by atomic mass is 9.56. The number of aryl methyl sites for hydroxylation is 1. The van der Waals surface area contributed by atoms with E-state index in [0.717, 1.165) is 48.9 Å². The van der Waals surface area contributed by atoms with Gasteiger partial charge in [-0.05, 0) is 88.4 Å². The van der Waals surface area contributed by atoms with Crippen molar-refractivity contribution in [2.24, 2.45) is 11.3 Å². The summed E-state index contributed by atoms with van der Waals surface area (Å²) in [4.78, 5) is 2.04. The van der Waals surface area contributed by atoms with E-state index in [1.54, 1.807) is 0 Å². The van der Waals surface area contributed by atoms with Gasteiger partial charge in [-0.15, -0.1) is 0 Å². The highest BCUT2D eigenvalue weighted by Crippen LogP contribution is 2.69. The van der Waals surface area contributed by atoms with Gasteiger partial charge < -0.3 is 19.8 Å². The van der Waals surface area contributed by atoms with Crippen LogP contribution >= 0.6 is 0 Å². The molecule has 2 aliphatic heterocycles. The monoisotopic (exact) mass is 487 g/mol. The lowest BCUT2D eigenvalue weighted by molar-refractivity contribution is -0.162. The largest absolute Gasteiger partial charge is 0.388 e. The molecule has 3 heterocycles. The number of nitrogens with one attached hydrogen (secondary N) is 1. The van der Waals surface area contributed by atoms with E-state index in [2.05, 4.69) is 61.3 Å². The Bertz CT molecular complexity index is 1380. The van der Waals surface area contributed by atoms with Gasteiger partial charge in [0.25, 0.3) is 0 Å². The molecule has 1 aromatic carbocycles. The zero-order valence-electron chi connectivity index (χ0n) is 21.9. The molecule has 1 saturated carbocycles. The van der Waals surface area contributed by atoms with E-state index in [4.69, 9.17) is 4.74 Å². The van der Waals surface area contributed by atoms with Gasteiger partial charge in [0, 0.05) is 28.5 Å². The molecule has 7 atom stereocenters. The van der Waals surface area contributed by atoms with E-state index in [-0.39, 0.29) is 17.1 Å². The van der Waals surface area contributed by atoms with Crippen molar-refractivity contribution in [1.29, 1.82) is 0 Å². The third-order valence-electron chi connectivity index (χ3n) is 10.5. The Balaban J connectivity index is 1.33. The molecule has 2 aromatic rings. The number of hydrogen-bond donors (Lipinski definition) is 3. The summed E-state index contributed by atoms with van der Waals surface area (Å²) in [6.07, 6.45) is 7.52. The highest BCUT2D eigenvalue weighted by Gasteiger charge is 2.68. The van der Waals surface area contributed by atoms with Crippen molar-refractivity contribution >= 4 is 16.5 Å². The molecule has 2 fully saturated rings. The van der Waals surface area contributed by atoms with Crippen molar-refractivity contribution in [2.45, 2.75) is 82.3 Å². The number of H-pyrrole nitrogens is 1. The van der Waals surface area contributed by atoms with Crippen molar-refractivity contribution in [3.8, 4) is 0 Å². The number of aliphatic hydroxyl groups excluding tert-OH is 2. The zero-order valence-corrected chi connectivity index (χ0v) is 21.9. The molecule has 0 radical (unpaired) electrons. The molecule has 1 unspecified atom stereocenters. The lowest BCUT2D eigenvalue weighted by Gasteiger charge is -2.56. The van der Waals surface area contributed by atoms with Gasteiger partial charge in [-0.3, -0.25) is 5.10 Å². The zero-order chi connectivity index (χ0) is 25.2. The average Bonchev–Trinajstić information content (AvgIpc) is 3.48. The van der Waals surface area contributed by atoms with E-state index >= 15 is 0 Å². The van der Waals surface area contributed by atoms with Crippen LogP contribution in [0.25, 0.3) is 16.5 Å².